The smallest absolute Gasteiger partial charge is 0.147 e. The fraction of sp³-hybridized carbons (Fsp3) is 0.440. The average molecular weight is 451 g/mol. The van der Waals surface area contributed by atoms with Crippen LogP contribution in [0, 0.1) is 5.82 Å². The van der Waals surface area contributed by atoms with Crippen LogP contribution in [-0.2, 0) is 4.74 Å². The molecular formula is C25H27FN4OS. The quantitative estimate of drug-likeness (QED) is 0.532. The molecule has 0 radical (unpaired) electrons. The highest BCUT2D eigenvalue weighted by molar-refractivity contribution is 7.18. The molecular weight excluding hydrogens is 423 g/mol. The number of likely N-dealkylation sites (N-methyl/N-ethyl adjacent to an activating group) is 1. The molecule has 5 nitrogen and oxygen atoms in total. The number of ether oxygens (including phenoxy) is 1. The average Bonchev–Trinajstić information content (AvgIpc) is 3.57. The molecule has 1 spiro atoms. The lowest BCUT2D eigenvalue weighted by Crippen LogP contribution is -2.47. The fourth-order valence-electron chi connectivity index (χ4n) is 5.78. The van der Waals surface area contributed by atoms with Crippen LogP contribution in [0.2, 0.25) is 0 Å². The fourth-order valence-corrected chi connectivity index (χ4v) is 7.05. The molecule has 0 bridgehead atoms. The summed E-state index contributed by atoms with van der Waals surface area (Å²) in [6.45, 7) is 8.07. The zero-order valence-electron chi connectivity index (χ0n) is 18.4. The Morgan fingerprint density at radius 3 is 3.03 bits per heavy atom. The Hall–Kier alpha value is -2.35. The monoisotopic (exact) mass is 450 g/mol. The lowest BCUT2D eigenvalue weighted by atomic mass is 9.82. The van der Waals surface area contributed by atoms with E-state index >= 15 is 0 Å². The summed E-state index contributed by atoms with van der Waals surface area (Å²) in [4.78, 5) is 14.0. The maximum Gasteiger partial charge on any atom is 0.147 e. The van der Waals surface area contributed by atoms with Gasteiger partial charge in [-0.3, -0.25) is 9.89 Å². The number of hydrogen-bond donors (Lipinski definition) is 1. The van der Waals surface area contributed by atoms with Crippen molar-refractivity contribution in [1.82, 2.24) is 9.88 Å². The van der Waals surface area contributed by atoms with E-state index in [-0.39, 0.29) is 17.3 Å². The third kappa shape index (κ3) is 3.02. The summed E-state index contributed by atoms with van der Waals surface area (Å²) in [5.41, 5.74) is 3.22. The number of aliphatic imine (C=N–C) groups is 1. The van der Waals surface area contributed by atoms with Gasteiger partial charge in [-0.25, -0.2) is 9.37 Å². The highest BCUT2D eigenvalue weighted by Crippen LogP contribution is 2.50. The predicted molar refractivity (Wildman–Crippen MR) is 129 cm³/mol. The molecule has 2 aromatic heterocycles. The zero-order valence-corrected chi connectivity index (χ0v) is 19.2. The third-order valence-corrected chi connectivity index (χ3v) is 8.65. The molecule has 5 heterocycles. The van der Waals surface area contributed by atoms with Crippen LogP contribution in [0.3, 0.4) is 0 Å². The van der Waals surface area contributed by atoms with Crippen molar-refractivity contribution in [3.05, 3.63) is 46.7 Å². The minimum absolute atomic E-state index is 0.101. The Morgan fingerprint density at radius 2 is 2.22 bits per heavy atom. The molecule has 3 unspecified atom stereocenters. The Morgan fingerprint density at radius 1 is 1.31 bits per heavy atom. The van der Waals surface area contributed by atoms with Crippen LogP contribution in [0.15, 0.2) is 35.5 Å². The Kier molecular flexibility index (Phi) is 4.82. The minimum Gasteiger partial charge on any atom is -0.379 e. The molecule has 0 saturated carbocycles. The van der Waals surface area contributed by atoms with E-state index in [1.807, 2.05) is 25.3 Å². The van der Waals surface area contributed by atoms with Gasteiger partial charge in [-0.1, -0.05) is 13.8 Å². The van der Waals surface area contributed by atoms with Gasteiger partial charge in [0.15, 0.2) is 0 Å². The number of thiophene rings is 1. The van der Waals surface area contributed by atoms with Gasteiger partial charge in [0.05, 0.1) is 29.2 Å². The largest absolute Gasteiger partial charge is 0.379 e. The van der Waals surface area contributed by atoms with E-state index in [0.717, 1.165) is 66.3 Å². The number of fused-ring (bicyclic) bond motifs is 2. The summed E-state index contributed by atoms with van der Waals surface area (Å²) in [5.74, 6) is 0.351. The Balaban J connectivity index is 1.37. The first-order chi connectivity index (χ1) is 15.6. The normalized spacial score (nSPS) is 27.1. The van der Waals surface area contributed by atoms with Crippen LogP contribution in [0.1, 0.15) is 49.0 Å². The van der Waals surface area contributed by atoms with E-state index in [4.69, 9.17) is 4.74 Å². The number of halogens is 1. The molecule has 6 rings (SSSR count). The van der Waals surface area contributed by atoms with E-state index in [0.29, 0.717) is 11.6 Å². The molecule has 166 valence electrons. The molecule has 7 heteroatoms. The zero-order chi connectivity index (χ0) is 21.9. The second-order valence-corrected chi connectivity index (χ2v) is 10.2. The molecule has 3 atom stereocenters. The first kappa shape index (κ1) is 20.3. The lowest BCUT2D eigenvalue weighted by Gasteiger charge is -2.37. The van der Waals surface area contributed by atoms with Crippen molar-refractivity contribution in [1.29, 1.82) is 0 Å². The first-order valence-electron chi connectivity index (χ1n) is 11.4. The van der Waals surface area contributed by atoms with Crippen LogP contribution in [-0.4, -0.2) is 47.9 Å². The van der Waals surface area contributed by atoms with Crippen LogP contribution in [0.5, 0.6) is 0 Å². The van der Waals surface area contributed by atoms with Crippen molar-refractivity contribution in [2.24, 2.45) is 4.99 Å². The number of rotatable bonds is 4. The van der Waals surface area contributed by atoms with Crippen LogP contribution >= 0.6 is 11.3 Å². The van der Waals surface area contributed by atoms with E-state index in [1.54, 1.807) is 23.6 Å². The second kappa shape index (κ2) is 7.61. The number of likely N-dealkylation sites (tertiary alicyclic amines) is 1. The summed E-state index contributed by atoms with van der Waals surface area (Å²) in [5, 5.41) is 4.38. The van der Waals surface area contributed by atoms with Crippen molar-refractivity contribution in [3.8, 4) is 0 Å². The van der Waals surface area contributed by atoms with Gasteiger partial charge in [0.25, 0.3) is 0 Å². The van der Waals surface area contributed by atoms with E-state index in [2.05, 4.69) is 33.2 Å². The Bertz CT molecular complexity index is 1220. The number of aromatic nitrogens is 1. The van der Waals surface area contributed by atoms with Gasteiger partial charge in [0, 0.05) is 41.1 Å². The Labute approximate surface area is 191 Å². The number of hydrogen-bond acceptors (Lipinski definition) is 6. The van der Waals surface area contributed by atoms with Crippen molar-refractivity contribution in [2.45, 2.75) is 44.1 Å². The summed E-state index contributed by atoms with van der Waals surface area (Å²) in [6.07, 6.45) is 5.89. The summed E-state index contributed by atoms with van der Waals surface area (Å²) >= 11 is 1.77. The molecule has 0 aliphatic carbocycles. The molecule has 3 aromatic rings. The van der Waals surface area contributed by atoms with Gasteiger partial charge in [-0.05, 0) is 55.8 Å². The SMILES string of the molecule is CCN1CCC(c2cc3c(Nc4cc5c(cc4F)C(C)C=N5)ccnc3s2)C12CCOC2. The van der Waals surface area contributed by atoms with Gasteiger partial charge < -0.3 is 10.1 Å². The maximum atomic E-state index is 14.9. The summed E-state index contributed by atoms with van der Waals surface area (Å²) in [7, 11) is 0. The predicted octanol–water partition coefficient (Wildman–Crippen LogP) is 5.97. The van der Waals surface area contributed by atoms with Gasteiger partial charge >= 0.3 is 0 Å². The highest BCUT2D eigenvalue weighted by atomic mass is 32.1. The van der Waals surface area contributed by atoms with Crippen molar-refractivity contribution >= 4 is 44.8 Å². The van der Waals surface area contributed by atoms with Gasteiger partial charge in [0.1, 0.15) is 10.6 Å². The van der Waals surface area contributed by atoms with E-state index in [9.17, 15) is 4.39 Å². The third-order valence-electron chi connectivity index (χ3n) is 7.49. The topological polar surface area (TPSA) is 49.8 Å². The summed E-state index contributed by atoms with van der Waals surface area (Å²) in [6, 6.07) is 7.61. The molecule has 3 aliphatic rings. The highest BCUT2D eigenvalue weighted by Gasteiger charge is 2.51. The number of benzene rings is 1. The van der Waals surface area contributed by atoms with Crippen molar-refractivity contribution in [2.75, 3.05) is 31.6 Å². The number of anilines is 2. The molecule has 1 N–H and O–H groups in total. The van der Waals surface area contributed by atoms with E-state index < -0.39 is 0 Å². The van der Waals surface area contributed by atoms with Crippen LogP contribution in [0.25, 0.3) is 10.2 Å². The van der Waals surface area contributed by atoms with Crippen LogP contribution in [0.4, 0.5) is 21.5 Å². The van der Waals surface area contributed by atoms with Gasteiger partial charge in [-0.2, -0.15) is 0 Å². The first-order valence-corrected chi connectivity index (χ1v) is 12.3. The number of nitrogens with one attached hydrogen (secondary N) is 1. The molecule has 2 saturated heterocycles. The van der Waals surface area contributed by atoms with Crippen molar-refractivity contribution < 1.29 is 9.13 Å². The molecule has 32 heavy (non-hydrogen) atoms. The molecule has 1 aromatic carbocycles. The van der Waals surface area contributed by atoms with E-state index in [1.165, 1.54) is 4.88 Å². The minimum atomic E-state index is -0.252. The maximum absolute atomic E-state index is 14.9. The standard InChI is InChI=1S/C25H27FN4OS/c1-3-30-8-5-18(25(30)6-9-31-14-25)23-11-17-20(4-7-27-24(17)32-23)29-22-12-21-16(10-19(22)26)15(2)13-28-21/h4,7,10-13,15,18H,3,5-6,8-9,14H2,1-2H3,(H,27,29). The second-order valence-electron chi connectivity index (χ2n) is 9.14. The van der Waals surface area contributed by atoms with Gasteiger partial charge in [0.2, 0.25) is 0 Å². The number of pyridine rings is 1. The summed E-state index contributed by atoms with van der Waals surface area (Å²) < 4.78 is 20.8. The lowest BCUT2D eigenvalue weighted by molar-refractivity contribution is 0.0963. The number of nitrogens with zero attached hydrogens (tertiary/aromatic N) is 3. The molecule has 2 fully saturated rings. The van der Waals surface area contributed by atoms with Gasteiger partial charge in [-0.15, -0.1) is 11.3 Å². The molecule has 3 aliphatic heterocycles. The molecule has 0 amide bonds. The van der Waals surface area contributed by atoms with Crippen LogP contribution < -0.4 is 5.32 Å². The van der Waals surface area contributed by atoms with Crippen molar-refractivity contribution in [3.63, 3.8) is 0 Å².